The van der Waals surface area contributed by atoms with Crippen molar-refractivity contribution in [2.75, 3.05) is 37.7 Å². The van der Waals surface area contributed by atoms with Crippen LogP contribution in [0, 0.1) is 12.3 Å². The molecule has 1 aliphatic heterocycles. The van der Waals surface area contributed by atoms with Gasteiger partial charge in [0.05, 0.1) is 11.6 Å². The standard InChI is InChI=1S/C23H25ClN4O3/c1-15-3-5-19-20(25-15)26-22(31-19)28-11-9-27(10-12-28)21(29)16-4-6-18(17(24)13-16)30-14-23(2)7-8-23/h3-6,13H,7-12,14H2,1-2H3. The molecular weight excluding hydrogens is 416 g/mol. The van der Waals surface area contributed by atoms with E-state index in [1.165, 1.54) is 12.8 Å². The van der Waals surface area contributed by atoms with Gasteiger partial charge in [0.15, 0.2) is 5.58 Å². The molecule has 162 valence electrons. The van der Waals surface area contributed by atoms with E-state index in [0.29, 0.717) is 66.4 Å². The van der Waals surface area contributed by atoms with E-state index in [4.69, 9.17) is 20.8 Å². The Kier molecular flexibility index (Phi) is 5.01. The van der Waals surface area contributed by atoms with E-state index >= 15 is 0 Å². The second kappa shape index (κ2) is 7.71. The maximum absolute atomic E-state index is 13.0. The Hall–Kier alpha value is -2.80. The lowest BCUT2D eigenvalue weighted by molar-refractivity contribution is 0.0745. The van der Waals surface area contributed by atoms with Gasteiger partial charge in [-0.1, -0.05) is 18.5 Å². The lowest BCUT2D eigenvalue weighted by atomic mass is 10.1. The van der Waals surface area contributed by atoms with E-state index < -0.39 is 0 Å². The van der Waals surface area contributed by atoms with Crippen molar-refractivity contribution >= 4 is 34.8 Å². The fourth-order valence-electron chi connectivity index (χ4n) is 3.68. The number of oxazole rings is 1. The average Bonchev–Trinajstić information content (AvgIpc) is 3.36. The van der Waals surface area contributed by atoms with Crippen molar-refractivity contribution < 1.29 is 13.9 Å². The summed E-state index contributed by atoms with van der Waals surface area (Å²) < 4.78 is 11.7. The molecule has 8 heteroatoms. The molecule has 7 nitrogen and oxygen atoms in total. The molecule has 1 aliphatic carbocycles. The van der Waals surface area contributed by atoms with Crippen LogP contribution in [-0.4, -0.2) is 53.6 Å². The molecule has 0 bridgehead atoms. The van der Waals surface area contributed by atoms with Gasteiger partial charge in [-0.3, -0.25) is 4.79 Å². The number of aryl methyl sites for hydroxylation is 1. The van der Waals surface area contributed by atoms with Crippen molar-refractivity contribution in [1.29, 1.82) is 0 Å². The van der Waals surface area contributed by atoms with E-state index in [1.807, 2.05) is 28.9 Å². The van der Waals surface area contributed by atoms with Gasteiger partial charge in [-0.25, -0.2) is 4.98 Å². The third-order valence-corrected chi connectivity index (χ3v) is 6.37. The number of piperazine rings is 1. The number of hydrogen-bond donors (Lipinski definition) is 0. The van der Waals surface area contributed by atoms with Crippen LogP contribution in [0.5, 0.6) is 5.75 Å². The zero-order valence-corrected chi connectivity index (χ0v) is 18.5. The molecule has 5 rings (SSSR count). The number of aromatic nitrogens is 2. The van der Waals surface area contributed by atoms with E-state index in [2.05, 4.69) is 16.9 Å². The normalized spacial score (nSPS) is 17.8. The summed E-state index contributed by atoms with van der Waals surface area (Å²) in [7, 11) is 0. The van der Waals surface area contributed by atoms with Crippen LogP contribution in [0.25, 0.3) is 11.2 Å². The smallest absolute Gasteiger partial charge is 0.300 e. The predicted octanol–water partition coefficient (Wildman–Crippen LogP) is 4.33. The fourth-order valence-corrected chi connectivity index (χ4v) is 3.92. The highest BCUT2D eigenvalue weighted by molar-refractivity contribution is 6.32. The van der Waals surface area contributed by atoms with E-state index in [9.17, 15) is 4.79 Å². The number of carbonyl (C=O) groups excluding carboxylic acids is 1. The van der Waals surface area contributed by atoms with Crippen molar-refractivity contribution in [1.82, 2.24) is 14.9 Å². The highest BCUT2D eigenvalue weighted by atomic mass is 35.5. The van der Waals surface area contributed by atoms with Gasteiger partial charge >= 0.3 is 0 Å². The number of halogens is 1. The highest BCUT2D eigenvalue weighted by Gasteiger charge is 2.38. The van der Waals surface area contributed by atoms with Crippen molar-refractivity contribution in [2.45, 2.75) is 26.7 Å². The molecule has 1 aromatic carbocycles. The largest absolute Gasteiger partial charge is 0.491 e. The van der Waals surface area contributed by atoms with Crippen molar-refractivity contribution in [2.24, 2.45) is 5.41 Å². The number of rotatable bonds is 5. The number of nitrogens with zero attached hydrogens (tertiary/aromatic N) is 4. The number of carbonyl (C=O) groups is 1. The molecule has 3 heterocycles. The van der Waals surface area contributed by atoms with Crippen molar-refractivity contribution in [3.05, 3.63) is 46.6 Å². The number of anilines is 1. The Morgan fingerprint density at radius 3 is 2.65 bits per heavy atom. The van der Waals surface area contributed by atoms with Crippen LogP contribution in [0.15, 0.2) is 34.7 Å². The van der Waals surface area contributed by atoms with Crippen LogP contribution in [0.1, 0.15) is 35.8 Å². The Labute approximate surface area is 186 Å². The molecule has 3 aromatic rings. The summed E-state index contributed by atoms with van der Waals surface area (Å²) in [5, 5.41) is 0.475. The fraction of sp³-hybridized carbons (Fsp3) is 0.435. The van der Waals surface area contributed by atoms with Crippen molar-refractivity contribution in [3.63, 3.8) is 0 Å². The Bertz CT molecular complexity index is 1130. The number of hydrogen-bond acceptors (Lipinski definition) is 6. The molecule has 0 unspecified atom stereocenters. The van der Waals surface area contributed by atoms with Gasteiger partial charge in [-0.15, -0.1) is 0 Å². The topological polar surface area (TPSA) is 71.7 Å². The van der Waals surface area contributed by atoms with Crippen LogP contribution in [0.3, 0.4) is 0 Å². The Morgan fingerprint density at radius 2 is 1.94 bits per heavy atom. The third kappa shape index (κ3) is 4.19. The number of amides is 1. The van der Waals surface area contributed by atoms with Crippen LogP contribution in [0.4, 0.5) is 6.01 Å². The first kappa shape index (κ1) is 20.1. The number of fused-ring (bicyclic) bond motifs is 1. The monoisotopic (exact) mass is 440 g/mol. The summed E-state index contributed by atoms with van der Waals surface area (Å²) in [6.45, 7) is 7.24. The maximum atomic E-state index is 13.0. The minimum absolute atomic E-state index is 0.0305. The number of ether oxygens (including phenoxy) is 1. The number of benzene rings is 1. The molecular formula is C23H25ClN4O3. The van der Waals surface area contributed by atoms with Gasteiger partial charge in [0, 0.05) is 42.9 Å². The van der Waals surface area contributed by atoms with Crippen LogP contribution in [0.2, 0.25) is 5.02 Å². The second-order valence-electron chi connectivity index (χ2n) is 8.79. The van der Waals surface area contributed by atoms with Crippen LogP contribution >= 0.6 is 11.6 Å². The second-order valence-corrected chi connectivity index (χ2v) is 9.20. The maximum Gasteiger partial charge on any atom is 0.300 e. The lowest BCUT2D eigenvalue weighted by Gasteiger charge is -2.33. The van der Waals surface area contributed by atoms with Gasteiger partial charge in [-0.2, -0.15) is 4.98 Å². The summed E-state index contributed by atoms with van der Waals surface area (Å²) in [4.78, 5) is 25.7. The first-order valence-electron chi connectivity index (χ1n) is 10.6. The predicted molar refractivity (Wildman–Crippen MR) is 119 cm³/mol. The Balaban J connectivity index is 1.21. The van der Waals surface area contributed by atoms with E-state index in [1.54, 1.807) is 18.2 Å². The zero-order chi connectivity index (χ0) is 21.6. The minimum atomic E-state index is -0.0305. The number of pyridine rings is 1. The molecule has 1 saturated carbocycles. The van der Waals surface area contributed by atoms with Gasteiger partial charge in [0.2, 0.25) is 5.65 Å². The SMILES string of the molecule is Cc1ccc2oc(N3CCN(C(=O)c4ccc(OCC5(C)CC5)c(Cl)c4)CC3)nc2n1. The first-order valence-corrected chi connectivity index (χ1v) is 11.0. The van der Waals surface area contributed by atoms with Gasteiger partial charge in [0.25, 0.3) is 11.9 Å². The molecule has 31 heavy (non-hydrogen) atoms. The third-order valence-electron chi connectivity index (χ3n) is 6.08. The molecule has 0 N–H and O–H groups in total. The molecule has 0 spiro atoms. The van der Waals surface area contributed by atoms with E-state index in [0.717, 1.165) is 5.69 Å². The van der Waals surface area contributed by atoms with Crippen LogP contribution in [-0.2, 0) is 0 Å². The summed E-state index contributed by atoms with van der Waals surface area (Å²) in [6, 6.07) is 9.63. The van der Waals surface area contributed by atoms with Crippen molar-refractivity contribution in [3.8, 4) is 5.75 Å². The zero-order valence-electron chi connectivity index (χ0n) is 17.7. The minimum Gasteiger partial charge on any atom is -0.491 e. The first-order chi connectivity index (χ1) is 14.9. The Morgan fingerprint density at radius 1 is 1.16 bits per heavy atom. The van der Waals surface area contributed by atoms with Gasteiger partial charge in [0.1, 0.15) is 5.75 Å². The highest BCUT2D eigenvalue weighted by Crippen LogP contribution is 2.45. The van der Waals surface area contributed by atoms with Crippen LogP contribution < -0.4 is 9.64 Å². The summed E-state index contributed by atoms with van der Waals surface area (Å²) in [5.41, 5.74) is 3.04. The quantitative estimate of drug-likeness (QED) is 0.588. The average molecular weight is 441 g/mol. The summed E-state index contributed by atoms with van der Waals surface area (Å²) >= 11 is 6.38. The van der Waals surface area contributed by atoms with Gasteiger partial charge < -0.3 is 19.0 Å². The van der Waals surface area contributed by atoms with Gasteiger partial charge in [-0.05, 0) is 50.1 Å². The lowest BCUT2D eigenvalue weighted by Crippen LogP contribution is -2.48. The summed E-state index contributed by atoms with van der Waals surface area (Å²) in [6.07, 6.45) is 2.37. The molecule has 0 atom stereocenters. The molecule has 1 amide bonds. The molecule has 2 fully saturated rings. The molecule has 2 aromatic heterocycles. The van der Waals surface area contributed by atoms with E-state index in [-0.39, 0.29) is 11.3 Å². The summed E-state index contributed by atoms with van der Waals surface area (Å²) in [5.74, 6) is 0.605. The molecule has 2 aliphatic rings. The molecule has 1 saturated heterocycles. The molecule has 0 radical (unpaired) electrons.